The molecule has 1 heterocycles. The Balaban J connectivity index is 2.06. The fourth-order valence-corrected chi connectivity index (χ4v) is 2.31. The maximum Gasteiger partial charge on any atom is 0.323 e. The number of hydrogen-bond acceptors (Lipinski definition) is 4. The van der Waals surface area contributed by atoms with Crippen LogP contribution >= 0.6 is 0 Å². The third kappa shape index (κ3) is 2.84. The van der Waals surface area contributed by atoms with Crippen LogP contribution in [0.15, 0.2) is 30.3 Å². The number of esters is 1. The fourth-order valence-electron chi connectivity index (χ4n) is 2.31. The first-order valence-corrected chi connectivity index (χ1v) is 5.82. The molecule has 4 nitrogen and oxygen atoms in total. The fraction of sp³-hybridized carbons (Fsp3) is 0.462. The lowest BCUT2D eigenvalue weighted by molar-refractivity contribution is -0.146. The second-order valence-electron chi connectivity index (χ2n) is 4.45. The summed E-state index contributed by atoms with van der Waals surface area (Å²) in [7, 11) is 1.42. The van der Waals surface area contributed by atoms with Crippen LogP contribution in [0, 0.1) is 0 Å². The summed E-state index contributed by atoms with van der Waals surface area (Å²) in [6, 6.07) is 9.95. The maximum atomic E-state index is 11.6. The number of benzene rings is 1. The van der Waals surface area contributed by atoms with E-state index in [9.17, 15) is 4.79 Å². The molecule has 1 saturated heterocycles. The lowest BCUT2D eigenvalue weighted by atomic mass is 10.1. The zero-order valence-corrected chi connectivity index (χ0v) is 10.0. The zero-order valence-electron chi connectivity index (χ0n) is 10.0. The molecule has 0 spiro atoms. The number of nitrogens with zero attached hydrogens (tertiary/aromatic N) is 1. The number of rotatable bonds is 3. The van der Waals surface area contributed by atoms with Crippen LogP contribution in [0.1, 0.15) is 12.0 Å². The monoisotopic (exact) mass is 234 g/mol. The summed E-state index contributed by atoms with van der Waals surface area (Å²) in [5.41, 5.74) is 7.10. The molecule has 0 amide bonds. The van der Waals surface area contributed by atoms with Crippen molar-refractivity contribution in [1.82, 2.24) is 4.90 Å². The number of hydrogen-bond donors (Lipinski definition) is 1. The molecule has 0 bridgehead atoms. The Hall–Kier alpha value is -1.39. The van der Waals surface area contributed by atoms with E-state index in [1.165, 1.54) is 12.7 Å². The summed E-state index contributed by atoms with van der Waals surface area (Å²) in [4.78, 5) is 13.7. The predicted molar refractivity (Wildman–Crippen MR) is 65.2 cm³/mol. The van der Waals surface area contributed by atoms with Gasteiger partial charge in [0.25, 0.3) is 0 Å². The molecule has 0 radical (unpaired) electrons. The molecule has 1 fully saturated rings. The molecule has 1 aliphatic heterocycles. The largest absolute Gasteiger partial charge is 0.468 e. The molecule has 2 N–H and O–H groups in total. The van der Waals surface area contributed by atoms with Gasteiger partial charge < -0.3 is 10.5 Å². The lowest BCUT2D eigenvalue weighted by Gasteiger charge is -2.22. The number of methoxy groups -OCH3 is 1. The van der Waals surface area contributed by atoms with Gasteiger partial charge in [0.15, 0.2) is 0 Å². The summed E-state index contributed by atoms with van der Waals surface area (Å²) in [6.07, 6.45) is 0.680. The van der Waals surface area contributed by atoms with Gasteiger partial charge in [-0.3, -0.25) is 9.69 Å². The second kappa shape index (κ2) is 5.29. The normalized spacial score (nSPS) is 24.8. The minimum atomic E-state index is -0.199. The average molecular weight is 234 g/mol. The first-order valence-electron chi connectivity index (χ1n) is 5.82. The van der Waals surface area contributed by atoms with Crippen LogP contribution in [0.3, 0.4) is 0 Å². The molecule has 0 aromatic heterocycles. The molecule has 92 valence electrons. The molecule has 0 unspecified atom stereocenters. The molecule has 1 aromatic carbocycles. The SMILES string of the molecule is COC(=O)[C@H]1C[C@H](N)CN1Cc1ccccc1. The summed E-state index contributed by atoms with van der Waals surface area (Å²) in [5.74, 6) is -0.186. The van der Waals surface area contributed by atoms with E-state index in [4.69, 9.17) is 10.5 Å². The Kier molecular flexibility index (Phi) is 3.76. The zero-order chi connectivity index (χ0) is 12.3. The van der Waals surface area contributed by atoms with Gasteiger partial charge in [0, 0.05) is 19.1 Å². The Bertz CT molecular complexity index is 380. The predicted octanol–water partition coefficient (Wildman–Crippen LogP) is 0.761. The molecular weight excluding hydrogens is 216 g/mol. The third-order valence-corrected chi connectivity index (χ3v) is 3.14. The molecular formula is C13H18N2O2. The van der Waals surface area contributed by atoms with E-state index in [0.29, 0.717) is 6.42 Å². The van der Waals surface area contributed by atoms with E-state index < -0.39 is 0 Å². The Morgan fingerprint density at radius 3 is 2.82 bits per heavy atom. The van der Waals surface area contributed by atoms with Gasteiger partial charge >= 0.3 is 5.97 Å². The van der Waals surface area contributed by atoms with Gasteiger partial charge in [-0.05, 0) is 12.0 Å². The van der Waals surface area contributed by atoms with Gasteiger partial charge in [-0.2, -0.15) is 0 Å². The van der Waals surface area contributed by atoms with Gasteiger partial charge in [-0.15, -0.1) is 0 Å². The minimum Gasteiger partial charge on any atom is -0.468 e. The minimum absolute atomic E-state index is 0.0582. The van der Waals surface area contributed by atoms with Crippen molar-refractivity contribution < 1.29 is 9.53 Å². The highest BCUT2D eigenvalue weighted by Crippen LogP contribution is 2.20. The molecule has 0 saturated carbocycles. The quantitative estimate of drug-likeness (QED) is 0.785. The second-order valence-corrected chi connectivity index (χ2v) is 4.45. The smallest absolute Gasteiger partial charge is 0.323 e. The van der Waals surface area contributed by atoms with Crippen LogP contribution in [0.4, 0.5) is 0 Å². The van der Waals surface area contributed by atoms with Crippen molar-refractivity contribution in [3.8, 4) is 0 Å². The maximum absolute atomic E-state index is 11.6. The van der Waals surface area contributed by atoms with Crippen LogP contribution in [0.25, 0.3) is 0 Å². The molecule has 2 atom stereocenters. The van der Waals surface area contributed by atoms with Crippen molar-refractivity contribution in [2.45, 2.75) is 25.0 Å². The number of carbonyl (C=O) groups is 1. The summed E-state index contributed by atoms with van der Waals surface area (Å²) in [5, 5.41) is 0. The van der Waals surface area contributed by atoms with Crippen molar-refractivity contribution in [3.05, 3.63) is 35.9 Å². The molecule has 1 aromatic rings. The Labute approximate surface area is 101 Å². The van der Waals surface area contributed by atoms with E-state index >= 15 is 0 Å². The molecule has 4 heteroatoms. The van der Waals surface area contributed by atoms with Gasteiger partial charge in [-0.25, -0.2) is 0 Å². The lowest BCUT2D eigenvalue weighted by Crippen LogP contribution is -2.36. The molecule has 2 rings (SSSR count). The molecule has 17 heavy (non-hydrogen) atoms. The van der Waals surface area contributed by atoms with Crippen molar-refractivity contribution >= 4 is 5.97 Å². The summed E-state index contributed by atoms with van der Waals surface area (Å²) >= 11 is 0. The number of ether oxygens (including phenoxy) is 1. The first-order chi connectivity index (χ1) is 8.20. The van der Waals surface area contributed by atoms with Crippen molar-refractivity contribution in [2.24, 2.45) is 5.73 Å². The summed E-state index contributed by atoms with van der Waals surface area (Å²) in [6.45, 7) is 1.49. The number of likely N-dealkylation sites (tertiary alicyclic amines) is 1. The highest BCUT2D eigenvalue weighted by molar-refractivity contribution is 5.76. The Morgan fingerprint density at radius 1 is 1.47 bits per heavy atom. The third-order valence-electron chi connectivity index (χ3n) is 3.14. The standard InChI is InChI=1S/C13H18N2O2/c1-17-13(16)12-7-11(14)9-15(12)8-10-5-3-2-4-6-10/h2-6,11-12H,7-9,14H2,1H3/t11-,12+/m0/s1. The number of nitrogens with two attached hydrogens (primary N) is 1. The topological polar surface area (TPSA) is 55.6 Å². The summed E-state index contributed by atoms with van der Waals surface area (Å²) < 4.78 is 4.81. The van der Waals surface area contributed by atoms with E-state index in [1.807, 2.05) is 18.2 Å². The highest BCUT2D eigenvalue weighted by atomic mass is 16.5. The highest BCUT2D eigenvalue weighted by Gasteiger charge is 2.35. The first kappa shape index (κ1) is 12.1. The van der Waals surface area contributed by atoms with Crippen molar-refractivity contribution in [3.63, 3.8) is 0 Å². The van der Waals surface area contributed by atoms with Crippen LogP contribution in [0.2, 0.25) is 0 Å². The van der Waals surface area contributed by atoms with Crippen molar-refractivity contribution in [2.75, 3.05) is 13.7 Å². The van der Waals surface area contributed by atoms with Gasteiger partial charge in [-0.1, -0.05) is 30.3 Å². The van der Waals surface area contributed by atoms with Gasteiger partial charge in [0.05, 0.1) is 7.11 Å². The molecule has 1 aliphatic rings. The van der Waals surface area contributed by atoms with Gasteiger partial charge in [0.2, 0.25) is 0 Å². The van der Waals surface area contributed by atoms with E-state index in [-0.39, 0.29) is 18.1 Å². The van der Waals surface area contributed by atoms with Crippen LogP contribution in [-0.4, -0.2) is 36.6 Å². The van der Waals surface area contributed by atoms with E-state index in [0.717, 1.165) is 13.1 Å². The number of carbonyl (C=O) groups excluding carboxylic acids is 1. The Morgan fingerprint density at radius 2 is 2.18 bits per heavy atom. The van der Waals surface area contributed by atoms with Crippen LogP contribution in [0.5, 0.6) is 0 Å². The van der Waals surface area contributed by atoms with E-state index in [1.54, 1.807) is 0 Å². The molecule has 0 aliphatic carbocycles. The van der Waals surface area contributed by atoms with Crippen LogP contribution < -0.4 is 5.73 Å². The van der Waals surface area contributed by atoms with Crippen molar-refractivity contribution in [1.29, 1.82) is 0 Å². The van der Waals surface area contributed by atoms with Crippen LogP contribution in [-0.2, 0) is 16.1 Å². The van der Waals surface area contributed by atoms with Gasteiger partial charge in [0.1, 0.15) is 6.04 Å². The van der Waals surface area contributed by atoms with E-state index in [2.05, 4.69) is 17.0 Å². The average Bonchev–Trinajstić information content (AvgIpc) is 2.70.